The summed E-state index contributed by atoms with van der Waals surface area (Å²) in [5.74, 6) is -1.57. The van der Waals surface area contributed by atoms with Crippen molar-refractivity contribution in [1.82, 2.24) is 20.4 Å². The van der Waals surface area contributed by atoms with Gasteiger partial charge in [0.2, 0.25) is 11.8 Å². The van der Waals surface area contributed by atoms with Crippen LogP contribution in [0.5, 0.6) is 0 Å². The number of amides is 6. The Morgan fingerprint density at radius 2 is 0.688 bits per heavy atom. The monoisotopic (exact) mass is 864 g/mol. The molecule has 10 heteroatoms. The van der Waals surface area contributed by atoms with E-state index in [0.29, 0.717) is 59.2 Å². The van der Waals surface area contributed by atoms with E-state index in [1.165, 1.54) is 20.9 Å². The third kappa shape index (κ3) is 10.6. The summed E-state index contributed by atoms with van der Waals surface area (Å²) in [4.78, 5) is 76.5. The number of imide groups is 2. The molecule has 6 amide bonds. The SMILES string of the molecule is C.CC.CC.CCN1C(=O)c2ccc3c4ccc5c6c(ccc(c7ccc(c2c37)C1=O)c64)C(=O)N(CC)C5=O.CCNC(=O)CC(=O)NCC.Cc1ccccc1.Cc1ccccc1. The fourth-order valence-electron chi connectivity index (χ4n) is 7.68. The predicted octanol–water partition coefficient (Wildman–Crippen LogP) is 11.3. The molecule has 2 heterocycles. The van der Waals surface area contributed by atoms with E-state index in [4.69, 9.17) is 0 Å². The third-order valence-electron chi connectivity index (χ3n) is 10.4. The molecular weight excluding hydrogens is 801 g/mol. The number of fused-ring (bicyclic) bond motifs is 2. The molecule has 9 rings (SSSR count). The Bertz CT molecular complexity index is 2420. The summed E-state index contributed by atoms with van der Waals surface area (Å²) in [6.45, 7) is 21.1. The summed E-state index contributed by atoms with van der Waals surface area (Å²) in [5, 5.41) is 11.8. The molecule has 0 radical (unpaired) electrons. The zero-order valence-electron chi connectivity index (χ0n) is 38.3. The minimum atomic E-state index is -0.282. The summed E-state index contributed by atoms with van der Waals surface area (Å²) in [7, 11) is 0. The molecule has 64 heavy (non-hydrogen) atoms. The van der Waals surface area contributed by atoms with Gasteiger partial charge in [-0.3, -0.25) is 38.6 Å². The van der Waals surface area contributed by atoms with Crippen molar-refractivity contribution < 1.29 is 28.8 Å². The average Bonchev–Trinajstić information content (AvgIpc) is 3.30. The quantitative estimate of drug-likeness (QED) is 0.0740. The van der Waals surface area contributed by atoms with Crippen LogP contribution in [-0.2, 0) is 9.59 Å². The highest BCUT2D eigenvalue weighted by Gasteiger charge is 2.36. The van der Waals surface area contributed by atoms with Gasteiger partial charge in [-0.15, -0.1) is 0 Å². The zero-order valence-corrected chi connectivity index (χ0v) is 38.3. The van der Waals surface area contributed by atoms with Gasteiger partial charge in [-0.1, -0.05) is 131 Å². The van der Waals surface area contributed by atoms with Crippen LogP contribution >= 0.6 is 0 Å². The minimum Gasteiger partial charge on any atom is -0.356 e. The first-order chi connectivity index (χ1) is 30.5. The van der Waals surface area contributed by atoms with E-state index in [2.05, 4.69) is 48.7 Å². The topological polar surface area (TPSA) is 133 Å². The summed E-state index contributed by atoms with van der Waals surface area (Å²) in [6.07, 6.45) is -0.0678. The molecule has 2 aliphatic rings. The molecule has 7 aromatic carbocycles. The van der Waals surface area contributed by atoms with Crippen molar-refractivity contribution in [2.24, 2.45) is 0 Å². The number of benzene rings is 7. The van der Waals surface area contributed by atoms with Gasteiger partial charge < -0.3 is 10.6 Å². The Labute approximate surface area is 378 Å². The van der Waals surface area contributed by atoms with E-state index >= 15 is 0 Å². The maximum atomic E-state index is 13.1. The van der Waals surface area contributed by atoms with Crippen molar-refractivity contribution in [1.29, 1.82) is 0 Å². The van der Waals surface area contributed by atoms with Gasteiger partial charge in [0.05, 0.1) is 0 Å². The largest absolute Gasteiger partial charge is 0.356 e. The lowest BCUT2D eigenvalue weighted by molar-refractivity contribution is -0.129. The first-order valence-electron chi connectivity index (χ1n) is 22.0. The van der Waals surface area contributed by atoms with Crippen molar-refractivity contribution in [3.8, 4) is 0 Å². The van der Waals surface area contributed by atoms with Crippen molar-refractivity contribution in [3.63, 3.8) is 0 Å². The van der Waals surface area contributed by atoms with Gasteiger partial charge in [-0.05, 0) is 98.1 Å². The van der Waals surface area contributed by atoms with E-state index in [-0.39, 0.29) is 49.3 Å². The van der Waals surface area contributed by atoms with E-state index in [1.807, 2.05) is 102 Å². The second-order valence-corrected chi connectivity index (χ2v) is 14.2. The summed E-state index contributed by atoms with van der Waals surface area (Å²) in [6, 6.07) is 35.4. The molecular formula is C54H64N4O6. The van der Waals surface area contributed by atoms with Crippen LogP contribution < -0.4 is 10.6 Å². The van der Waals surface area contributed by atoms with Crippen molar-refractivity contribution in [3.05, 3.63) is 143 Å². The third-order valence-corrected chi connectivity index (χ3v) is 10.4. The predicted molar refractivity (Wildman–Crippen MR) is 264 cm³/mol. The molecule has 2 N–H and O–H groups in total. The molecule has 0 aliphatic carbocycles. The summed E-state index contributed by atoms with van der Waals surface area (Å²) in [5.41, 5.74) is 4.74. The second kappa shape index (κ2) is 24.1. The van der Waals surface area contributed by atoms with Crippen LogP contribution in [0.2, 0.25) is 0 Å². The fraction of sp³-hybridized carbons (Fsp3) is 0.296. The summed E-state index contributed by atoms with van der Waals surface area (Å²) < 4.78 is 0. The number of carbonyl (C=O) groups is 6. The van der Waals surface area contributed by atoms with E-state index in [1.54, 1.807) is 38.1 Å². The molecule has 0 fully saturated rings. The van der Waals surface area contributed by atoms with E-state index < -0.39 is 0 Å². The van der Waals surface area contributed by atoms with Gasteiger partial charge in [0.25, 0.3) is 23.6 Å². The van der Waals surface area contributed by atoms with E-state index in [9.17, 15) is 28.8 Å². The lowest BCUT2D eigenvalue weighted by Gasteiger charge is -2.29. The standard InChI is InChI=1S/C28H18N2O4.C7H14N2O2.2C7H8.2C2H6.CH4/c1-3-29-25(31)17-9-5-13-15-7-11-19-24-20(28(34)30(4-2)27(19)33)12-8-16(22(15)24)14-6-10-18(26(29)32)23(17)21(13)14;1-3-8-6(10)5-7(11)9-4-2;2*1-7-5-3-2-4-6-7;2*1-2;/h5-12H,3-4H2,1-2H3;3-5H2,1-2H3,(H,8,10)(H,9,11);2*2-6H,1H3;2*1-2H3;1H4. The first-order valence-corrected chi connectivity index (χ1v) is 22.0. The van der Waals surface area contributed by atoms with Crippen LogP contribution in [0, 0.1) is 13.8 Å². The van der Waals surface area contributed by atoms with Crippen LogP contribution in [0.4, 0.5) is 0 Å². The van der Waals surface area contributed by atoms with Gasteiger partial charge in [-0.2, -0.15) is 0 Å². The number of nitrogens with zero attached hydrogens (tertiary/aromatic N) is 2. The minimum absolute atomic E-state index is 0. The number of nitrogens with one attached hydrogen (secondary N) is 2. The van der Waals surface area contributed by atoms with E-state index in [0.717, 1.165) is 32.3 Å². The Balaban J connectivity index is 0.000000297. The molecule has 0 aromatic heterocycles. The Kier molecular flexibility index (Phi) is 19.3. The number of hydrogen-bond acceptors (Lipinski definition) is 6. The molecule has 336 valence electrons. The molecule has 0 spiro atoms. The highest BCUT2D eigenvalue weighted by molar-refractivity contribution is 6.41. The Hall–Kier alpha value is -6.94. The average molecular weight is 865 g/mol. The highest BCUT2D eigenvalue weighted by atomic mass is 16.2. The number of carbonyl (C=O) groups excluding carboxylic acids is 6. The van der Waals surface area contributed by atoms with Crippen LogP contribution in [-0.4, -0.2) is 71.4 Å². The van der Waals surface area contributed by atoms with Gasteiger partial charge in [-0.25, -0.2) is 0 Å². The molecule has 10 nitrogen and oxygen atoms in total. The smallest absolute Gasteiger partial charge is 0.261 e. The maximum absolute atomic E-state index is 13.1. The Morgan fingerprint density at radius 3 is 0.891 bits per heavy atom. The van der Waals surface area contributed by atoms with Gasteiger partial charge in [0.15, 0.2) is 0 Å². The van der Waals surface area contributed by atoms with Gasteiger partial charge in [0, 0.05) is 59.2 Å². The molecule has 7 aromatic rings. The molecule has 0 unspecified atom stereocenters. The number of aryl methyl sites for hydroxylation is 2. The van der Waals surface area contributed by atoms with Crippen LogP contribution in [0.25, 0.3) is 43.1 Å². The summed E-state index contributed by atoms with van der Waals surface area (Å²) >= 11 is 0. The Morgan fingerprint density at radius 1 is 0.422 bits per heavy atom. The van der Waals surface area contributed by atoms with Crippen LogP contribution in [0.1, 0.15) is 122 Å². The first kappa shape index (κ1) is 51.4. The molecule has 0 saturated heterocycles. The van der Waals surface area contributed by atoms with Crippen molar-refractivity contribution in [2.45, 2.75) is 83.1 Å². The number of rotatable bonds is 6. The van der Waals surface area contributed by atoms with Crippen LogP contribution in [0.15, 0.2) is 109 Å². The molecule has 0 bridgehead atoms. The van der Waals surface area contributed by atoms with Gasteiger partial charge in [0.1, 0.15) is 6.42 Å². The van der Waals surface area contributed by atoms with Crippen molar-refractivity contribution >= 4 is 78.5 Å². The molecule has 2 aliphatic heterocycles. The number of hydrogen-bond donors (Lipinski definition) is 2. The normalized spacial score (nSPS) is 12.0. The highest BCUT2D eigenvalue weighted by Crippen LogP contribution is 2.46. The van der Waals surface area contributed by atoms with Crippen molar-refractivity contribution in [2.75, 3.05) is 26.2 Å². The molecule has 0 atom stereocenters. The fourth-order valence-corrected chi connectivity index (χ4v) is 7.68. The molecule has 0 saturated carbocycles. The second-order valence-electron chi connectivity index (χ2n) is 14.2. The lowest BCUT2D eigenvalue weighted by atomic mass is 9.82. The lowest BCUT2D eigenvalue weighted by Crippen LogP contribution is -2.40. The van der Waals surface area contributed by atoms with Crippen LogP contribution in [0.3, 0.4) is 0 Å². The zero-order chi connectivity index (χ0) is 46.4. The maximum Gasteiger partial charge on any atom is 0.261 e. The van der Waals surface area contributed by atoms with Gasteiger partial charge >= 0.3 is 0 Å².